The fourth-order valence-corrected chi connectivity index (χ4v) is 5.34. The van der Waals surface area contributed by atoms with Crippen LogP contribution >= 0.6 is 11.3 Å². The predicted molar refractivity (Wildman–Crippen MR) is 127 cm³/mol. The Hall–Kier alpha value is -3.46. The molecule has 0 saturated carbocycles. The lowest BCUT2D eigenvalue weighted by Crippen LogP contribution is -2.38. The molecule has 2 amide bonds. The van der Waals surface area contributed by atoms with Gasteiger partial charge in [0, 0.05) is 54.7 Å². The van der Waals surface area contributed by atoms with Crippen LogP contribution in [-0.2, 0) is 4.79 Å². The molecule has 0 aliphatic carbocycles. The van der Waals surface area contributed by atoms with E-state index in [2.05, 4.69) is 15.3 Å². The zero-order valence-electron chi connectivity index (χ0n) is 18.2. The van der Waals surface area contributed by atoms with E-state index < -0.39 is 17.5 Å². The molecule has 1 unspecified atom stereocenters. The number of likely N-dealkylation sites (tertiary alicyclic amines) is 1. The lowest BCUT2D eigenvalue weighted by atomic mass is 9.94. The van der Waals surface area contributed by atoms with Crippen LogP contribution in [0.1, 0.15) is 52.2 Å². The topological polar surface area (TPSA) is 74.7 Å². The van der Waals surface area contributed by atoms with Crippen LogP contribution in [0, 0.1) is 11.6 Å². The molecular weight excluding hydrogens is 458 g/mol. The molecular formula is C25H22F2N4O2S. The van der Waals surface area contributed by atoms with Crippen LogP contribution in [0.2, 0.25) is 0 Å². The van der Waals surface area contributed by atoms with Crippen LogP contribution in [0.15, 0.2) is 52.8 Å². The third kappa shape index (κ3) is 4.61. The summed E-state index contributed by atoms with van der Waals surface area (Å²) in [5.74, 6) is -2.15. The molecule has 2 aliphatic rings. The second-order valence-corrected chi connectivity index (χ2v) is 9.35. The highest BCUT2D eigenvalue weighted by molar-refractivity contribution is 7.10. The summed E-state index contributed by atoms with van der Waals surface area (Å²) < 4.78 is 26.4. The number of nitrogens with zero attached hydrogens (tertiary/aromatic N) is 3. The van der Waals surface area contributed by atoms with Gasteiger partial charge in [0.1, 0.15) is 5.69 Å². The van der Waals surface area contributed by atoms with Gasteiger partial charge in [0.2, 0.25) is 5.91 Å². The van der Waals surface area contributed by atoms with Crippen LogP contribution in [0.25, 0.3) is 0 Å². The van der Waals surface area contributed by atoms with Crippen molar-refractivity contribution in [1.29, 1.82) is 0 Å². The average molecular weight is 481 g/mol. The maximum absolute atomic E-state index is 13.4. The van der Waals surface area contributed by atoms with Crippen LogP contribution in [0.4, 0.5) is 20.2 Å². The third-order valence-corrected chi connectivity index (χ3v) is 7.26. The number of fused-ring (bicyclic) bond motifs is 1. The number of carbonyl (C=O) groups is 2. The normalized spacial score (nSPS) is 17.6. The number of carbonyl (C=O) groups excluding carboxylic acids is 2. The monoisotopic (exact) mass is 480 g/mol. The van der Waals surface area contributed by atoms with Crippen molar-refractivity contribution in [3.8, 4) is 0 Å². The molecule has 174 valence electrons. The Morgan fingerprint density at radius 3 is 2.68 bits per heavy atom. The zero-order valence-corrected chi connectivity index (χ0v) is 19.0. The van der Waals surface area contributed by atoms with E-state index >= 15 is 0 Å². The van der Waals surface area contributed by atoms with E-state index in [1.165, 1.54) is 17.4 Å². The van der Waals surface area contributed by atoms with Gasteiger partial charge in [-0.3, -0.25) is 14.6 Å². The highest BCUT2D eigenvalue weighted by Crippen LogP contribution is 2.35. The number of thiazole rings is 1. The molecule has 34 heavy (non-hydrogen) atoms. The van der Waals surface area contributed by atoms with Gasteiger partial charge in [0.15, 0.2) is 11.6 Å². The third-order valence-electron chi connectivity index (χ3n) is 6.25. The summed E-state index contributed by atoms with van der Waals surface area (Å²) in [6.07, 6.45) is 3.83. The molecule has 6 nitrogen and oxygen atoms in total. The summed E-state index contributed by atoms with van der Waals surface area (Å²) in [4.78, 5) is 36.1. The minimum atomic E-state index is -1.03. The average Bonchev–Trinajstić information content (AvgIpc) is 3.50. The van der Waals surface area contributed by atoms with Crippen molar-refractivity contribution in [2.24, 2.45) is 4.99 Å². The Bertz CT molecular complexity index is 1270. The first-order chi connectivity index (χ1) is 16.5. The maximum Gasteiger partial charge on any atom is 0.275 e. The number of aliphatic imine (C=N–C) groups is 1. The first kappa shape index (κ1) is 22.3. The van der Waals surface area contributed by atoms with E-state index in [0.717, 1.165) is 41.2 Å². The predicted octanol–water partition coefficient (Wildman–Crippen LogP) is 5.27. The summed E-state index contributed by atoms with van der Waals surface area (Å²) >= 11 is 1.40. The maximum atomic E-state index is 13.4. The molecule has 9 heteroatoms. The first-order valence-electron chi connectivity index (χ1n) is 11.1. The number of halogens is 2. The lowest BCUT2D eigenvalue weighted by Gasteiger charge is -2.31. The van der Waals surface area contributed by atoms with E-state index in [9.17, 15) is 18.4 Å². The second-order valence-electron chi connectivity index (χ2n) is 8.46. The lowest BCUT2D eigenvalue weighted by molar-refractivity contribution is -0.132. The second kappa shape index (κ2) is 9.42. The minimum absolute atomic E-state index is 0.0241. The van der Waals surface area contributed by atoms with Crippen LogP contribution in [0.3, 0.4) is 0 Å². The van der Waals surface area contributed by atoms with Gasteiger partial charge in [-0.1, -0.05) is 18.2 Å². The number of hydrogen-bond acceptors (Lipinski definition) is 5. The van der Waals surface area contributed by atoms with Gasteiger partial charge in [-0.05, 0) is 36.6 Å². The van der Waals surface area contributed by atoms with Gasteiger partial charge >= 0.3 is 0 Å². The van der Waals surface area contributed by atoms with Crippen molar-refractivity contribution in [3.63, 3.8) is 0 Å². The number of benzene rings is 2. The van der Waals surface area contributed by atoms with Crippen LogP contribution in [0.5, 0.6) is 0 Å². The number of piperidine rings is 1. The summed E-state index contributed by atoms with van der Waals surface area (Å²) in [6.45, 7) is 1.29. The van der Waals surface area contributed by atoms with Gasteiger partial charge in [0.05, 0.1) is 10.7 Å². The van der Waals surface area contributed by atoms with Gasteiger partial charge in [0.25, 0.3) is 5.91 Å². The van der Waals surface area contributed by atoms with Crippen molar-refractivity contribution in [1.82, 2.24) is 9.88 Å². The quantitative estimate of drug-likeness (QED) is 0.541. The molecule has 2 aromatic carbocycles. The van der Waals surface area contributed by atoms with Crippen LogP contribution < -0.4 is 5.32 Å². The number of nitrogens with one attached hydrogen (secondary N) is 1. The van der Waals surface area contributed by atoms with Crippen molar-refractivity contribution < 1.29 is 18.4 Å². The van der Waals surface area contributed by atoms with Gasteiger partial charge < -0.3 is 10.2 Å². The number of para-hydroxylation sites is 1. The molecule has 2 aliphatic heterocycles. The van der Waals surface area contributed by atoms with Gasteiger partial charge in [-0.25, -0.2) is 13.8 Å². The molecule has 5 rings (SSSR count). The largest absolute Gasteiger partial charge is 0.343 e. The number of aromatic nitrogens is 1. The summed E-state index contributed by atoms with van der Waals surface area (Å²) in [5.41, 5.74) is 2.44. The van der Waals surface area contributed by atoms with Crippen molar-refractivity contribution in [2.45, 2.75) is 31.1 Å². The van der Waals surface area contributed by atoms with E-state index in [1.807, 2.05) is 35.4 Å². The minimum Gasteiger partial charge on any atom is -0.343 e. The Kier molecular flexibility index (Phi) is 6.19. The summed E-state index contributed by atoms with van der Waals surface area (Å²) in [6, 6.07) is 11.1. The molecule has 1 aromatic heterocycles. The first-order valence-corrected chi connectivity index (χ1v) is 12.0. The molecule has 0 spiro atoms. The number of amides is 2. The van der Waals surface area contributed by atoms with Crippen molar-refractivity contribution in [3.05, 3.63) is 75.7 Å². The SMILES string of the molecule is O=C(Nc1ccc(F)c(F)c1)c1csc(C2CCN(C(=O)CC3C=Nc4ccccc43)CC2)n1. The fraction of sp³-hybridized carbons (Fsp3) is 0.280. The number of hydrogen-bond donors (Lipinski definition) is 1. The standard InChI is InChI=1S/C25H22F2N4O2S/c26-19-6-5-17(12-20(19)27)29-24(33)22-14-34-25(30-22)15-7-9-31(10-8-15)23(32)11-16-13-28-21-4-2-1-3-18(16)21/h1-6,12-16H,7-11H2,(H,29,33). The Balaban J connectivity index is 1.15. The van der Waals surface area contributed by atoms with Crippen molar-refractivity contribution in [2.75, 3.05) is 18.4 Å². The van der Waals surface area contributed by atoms with Crippen molar-refractivity contribution >= 4 is 40.7 Å². The fourth-order valence-electron chi connectivity index (χ4n) is 4.37. The van der Waals surface area contributed by atoms with E-state index in [1.54, 1.807) is 5.38 Å². The van der Waals surface area contributed by atoms with Gasteiger partial charge in [-0.15, -0.1) is 11.3 Å². The molecule has 0 bridgehead atoms. The van der Waals surface area contributed by atoms with E-state index in [-0.39, 0.29) is 29.1 Å². The Morgan fingerprint density at radius 1 is 1.09 bits per heavy atom. The number of anilines is 1. The Labute approximate surface area is 199 Å². The highest BCUT2D eigenvalue weighted by Gasteiger charge is 2.29. The summed E-state index contributed by atoms with van der Waals surface area (Å²) in [7, 11) is 0. The molecule has 3 aromatic rings. The molecule has 1 saturated heterocycles. The number of rotatable bonds is 5. The van der Waals surface area contributed by atoms with E-state index in [4.69, 9.17) is 0 Å². The smallest absolute Gasteiger partial charge is 0.275 e. The molecule has 3 heterocycles. The Morgan fingerprint density at radius 2 is 1.88 bits per heavy atom. The van der Waals surface area contributed by atoms with Gasteiger partial charge in [-0.2, -0.15) is 0 Å². The zero-order chi connectivity index (χ0) is 23.7. The molecule has 1 N–H and O–H groups in total. The summed E-state index contributed by atoms with van der Waals surface area (Å²) in [5, 5.41) is 5.05. The molecule has 0 radical (unpaired) electrons. The van der Waals surface area contributed by atoms with Crippen LogP contribution in [-0.4, -0.2) is 41.0 Å². The molecule has 1 fully saturated rings. The molecule has 1 atom stereocenters. The van der Waals surface area contributed by atoms with E-state index in [0.29, 0.717) is 19.5 Å². The highest BCUT2D eigenvalue weighted by atomic mass is 32.1.